The average molecular weight is 416 g/mol. The summed E-state index contributed by atoms with van der Waals surface area (Å²) in [5, 5.41) is 5.79. The van der Waals surface area contributed by atoms with Gasteiger partial charge in [0.25, 0.3) is 5.91 Å². The van der Waals surface area contributed by atoms with Crippen LogP contribution in [0.4, 0.5) is 5.69 Å². The number of hydrogen-bond acceptors (Lipinski definition) is 5. The molecule has 2 amide bonds. The van der Waals surface area contributed by atoms with E-state index in [0.717, 1.165) is 17.0 Å². The molecule has 2 N–H and O–H groups in total. The number of carbonyl (C=O) groups excluding carboxylic acids is 2. The van der Waals surface area contributed by atoms with Gasteiger partial charge in [0.05, 0.1) is 7.11 Å². The third-order valence-electron chi connectivity index (χ3n) is 4.50. The number of ether oxygens (including phenoxy) is 1. The highest BCUT2D eigenvalue weighted by Gasteiger charge is 2.21. The molecule has 0 aliphatic rings. The topological polar surface area (TPSA) is 70.7 Å². The van der Waals surface area contributed by atoms with Crippen LogP contribution >= 0.6 is 11.8 Å². The highest BCUT2D eigenvalue weighted by atomic mass is 32.2. The standard InChI is InChI=1S/C22H29N3O3S/c1-25(2)18-9-5-16(6-10-18)15-23-22(27)20(13-14-29-4)24-21(26)17-7-11-19(28-3)12-8-17/h5-12,20H,13-15H2,1-4H3,(H,23,27)(H,24,26)/t20-/m0/s1. The summed E-state index contributed by atoms with van der Waals surface area (Å²) in [4.78, 5) is 27.3. The first-order valence-corrected chi connectivity index (χ1v) is 10.8. The molecule has 0 aromatic heterocycles. The number of thioether (sulfide) groups is 1. The summed E-state index contributed by atoms with van der Waals surface area (Å²) in [5.74, 6) is 0.999. The molecule has 29 heavy (non-hydrogen) atoms. The maximum absolute atomic E-state index is 12.7. The van der Waals surface area contributed by atoms with Crippen molar-refractivity contribution >= 4 is 29.3 Å². The summed E-state index contributed by atoms with van der Waals surface area (Å²) >= 11 is 1.64. The van der Waals surface area contributed by atoms with Crippen molar-refractivity contribution in [2.24, 2.45) is 0 Å². The van der Waals surface area contributed by atoms with Crippen LogP contribution in [0.25, 0.3) is 0 Å². The maximum atomic E-state index is 12.7. The van der Waals surface area contributed by atoms with Gasteiger partial charge in [-0.2, -0.15) is 11.8 Å². The summed E-state index contributed by atoms with van der Waals surface area (Å²) in [5.41, 5.74) is 2.60. The Bertz CT molecular complexity index is 792. The summed E-state index contributed by atoms with van der Waals surface area (Å²) in [6.45, 7) is 0.417. The predicted octanol–water partition coefficient (Wildman–Crippen LogP) is 2.93. The van der Waals surface area contributed by atoms with E-state index in [-0.39, 0.29) is 11.8 Å². The van der Waals surface area contributed by atoms with Gasteiger partial charge in [-0.1, -0.05) is 12.1 Å². The molecule has 2 aromatic carbocycles. The molecular formula is C22H29N3O3S. The Morgan fingerprint density at radius 3 is 2.28 bits per heavy atom. The van der Waals surface area contributed by atoms with E-state index in [9.17, 15) is 9.59 Å². The van der Waals surface area contributed by atoms with Gasteiger partial charge in [0.1, 0.15) is 11.8 Å². The Kier molecular flexibility index (Phi) is 8.86. The zero-order chi connectivity index (χ0) is 21.2. The monoisotopic (exact) mass is 415 g/mol. The molecule has 0 heterocycles. The lowest BCUT2D eigenvalue weighted by Gasteiger charge is -2.19. The fraction of sp³-hybridized carbons (Fsp3) is 0.364. The fourth-order valence-corrected chi connectivity index (χ4v) is 3.18. The van der Waals surface area contributed by atoms with E-state index < -0.39 is 6.04 Å². The van der Waals surface area contributed by atoms with E-state index in [1.54, 1.807) is 43.1 Å². The Morgan fingerprint density at radius 1 is 1.07 bits per heavy atom. The molecule has 0 spiro atoms. The van der Waals surface area contributed by atoms with Crippen molar-refractivity contribution in [3.05, 3.63) is 59.7 Å². The minimum absolute atomic E-state index is 0.183. The van der Waals surface area contributed by atoms with Gasteiger partial charge in [-0.25, -0.2) is 0 Å². The van der Waals surface area contributed by atoms with E-state index in [1.807, 2.05) is 49.5 Å². The molecule has 0 saturated heterocycles. The normalized spacial score (nSPS) is 11.4. The van der Waals surface area contributed by atoms with Crippen molar-refractivity contribution < 1.29 is 14.3 Å². The number of nitrogens with zero attached hydrogens (tertiary/aromatic N) is 1. The van der Waals surface area contributed by atoms with Gasteiger partial charge in [-0.05, 0) is 60.4 Å². The number of rotatable bonds is 10. The van der Waals surface area contributed by atoms with Crippen LogP contribution in [0.1, 0.15) is 22.3 Å². The molecule has 2 aromatic rings. The highest BCUT2D eigenvalue weighted by Crippen LogP contribution is 2.13. The highest BCUT2D eigenvalue weighted by molar-refractivity contribution is 7.98. The van der Waals surface area contributed by atoms with E-state index in [0.29, 0.717) is 24.3 Å². The van der Waals surface area contributed by atoms with Crippen LogP contribution < -0.4 is 20.3 Å². The molecule has 6 nitrogen and oxygen atoms in total. The van der Waals surface area contributed by atoms with E-state index in [2.05, 4.69) is 10.6 Å². The number of nitrogens with one attached hydrogen (secondary N) is 2. The molecule has 0 saturated carbocycles. The average Bonchev–Trinajstić information content (AvgIpc) is 2.75. The number of methoxy groups -OCH3 is 1. The van der Waals surface area contributed by atoms with Gasteiger partial charge >= 0.3 is 0 Å². The van der Waals surface area contributed by atoms with Gasteiger partial charge in [0.15, 0.2) is 0 Å². The molecule has 156 valence electrons. The molecular weight excluding hydrogens is 386 g/mol. The minimum Gasteiger partial charge on any atom is -0.497 e. The first-order chi connectivity index (χ1) is 13.9. The second-order valence-corrected chi connectivity index (χ2v) is 7.80. The molecule has 7 heteroatoms. The lowest BCUT2D eigenvalue weighted by molar-refractivity contribution is -0.123. The van der Waals surface area contributed by atoms with Crippen LogP contribution in [0, 0.1) is 0 Å². The summed E-state index contributed by atoms with van der Waals surface area (Å²) in [6.07, 6.45) is 2.54. The maximum Gasteiger partial charge on any atom is 0.251 e. The van der Waals surface area contributed by atoms with Gasteiger partial charge in [-0.3, -0.25) is 9.59 Å². The van der Waals surface area contributed by atoms with Gasteiger partial charge in [0.2, 0.25) is 5.91 Å². The fourth-order valence-electron chi connectivity index (χ4n) is 2.71. The Morgan fingerprint density at radius 2 is 1.72 bits per heavy atom. The molecule has 0 aliphatic heterocycles. The molecule has 2 rings (SSSR count). The van der Waals surface area contributed by atoms with Crippen LogP contribution in [-0.2, 0) is 11.3 Å². The number of hydrogen-bond donors (Lipinski definition) is 2. The third-order valence-corrected chi connectivity index (χ3v) is 5.15. The summed E-state index contributed by atoms with van der Waals surface area (Å²) in [6, 6.07) is 14.2. The van der Waals surface area contributed by atoms with Crippen LogP contribution in [0.15, 0.2) is 48.5 Å². The third kappa shape index (κ3) is 7.02. The Balaban J connectivity index is 1.97. The van der Waals surface area contributed by atoms with Crippen LogP contribution in [0.2, 0.25) is 0 Å². The van der Waals surface area contributed by atoms with E-state index in [1.165, 1.54) is 0 Å². The number of benzene rings is 2. The smallest absolute Gasteiger partial charge is 0.251 e. The van der Waals surface area contributed by atoms with Crippen molar-refractivity contribution in [3.8, 4) is 5.75 Å². The predicted molar refractivity (Wildman–Crippen MR) is 120 cm³/mol. The SMILES string of the molecule is COc1ccc(C(=O)N[C@@H](CCSC)C(=O)NCc2ccc(N(C)C)cc2)cc1. The molecule has 0 unspecified atom stereocenters. The second kappa shape index (κ2) is 11.4. The first-order valence-electron chi connectivity index (χ1n) is 9.42. The van der Waals surface area contributed by atoms with Gasteiger partial charge in [0, 0.05) is 31.9 Å². The van der Waals surface area contributed by atoms with Gasteiger partial charge < -0.3 is 20.3 Å². The minimum atomic E-state index is -0.585. The van der Waals surface area contributed by atoms with Crippen LogP contribution in [-0.4, -0.2) is 51.1 Å². The zero-order valence-electron chi connectivity index (χ0n) is 17.4. The first kappa shape index (κ1) is 22.6. The Labute approximate surface area is 177 Å². The van der Waals surface area contributed by atoms with Crippen molar-refractivity contribution in [3.63, 3.8) is 0 Å². The molecule has 0 fully saturated rings. The number of amides is 2. The molecule has 0 aliphatic carbocycles. The Hall–Kier alpha value is -2.67. The van der Waals surface area contributed by atoms with Crippen molar-refractivity contribution in [2.75, 3.05) is 38.1 Å². The number of anilines is 1. The van der Waals surface area contributed by atoms with E-state index >= 15 is 0 Å². The van der Waals surface area contributed by atoms with Crippen LogP contribution in [0.3, 0.4) is 0 Å². The lowest BCUT2D eigenvalue weighted by atomic mass is 10.1. The van der Waals surface area contributed by atoms with E-state index in [4.69, 9.17) is 4.74 Å². The van der Waals surface area contributed by atoms with Gasteiger partial charge in [-0.15, -0.1) is 0 Å². The summed E-state index contributed by atoms with van der Waals surface area (Å²) in [7, 11) is 5.54. The number of carbonyl (C=O) groups is 2. The largest absolute Gasteiger partial charge is 0.497 e. The summed E-state index contributed by atoms with van der Waals surface area (Å²) < 4.78 is 5.11. The van der Waals surface area contributed by atoms with Crippen LogP contribution in [0.5, 0.6) is 5.75 Å². The molecule has 1 atom stereocenters. The quantitative estimate of drug-likeness (QED) is 0.624. The molecule has 0 bridgehead atoms. The molecule has 0 radical (unpaired) electrons. The lowest BCUT2D eigenvalue weighted by Crippen LogP contribution is -2.46. The van der Waals surface area contributed by atoms with Crippen molar-refractivity contribution in [2.45, 2.75) is 19.0 Å². The second-order valence-electron chi connectivity index (χ2n) is 6.81. The van der Waals surface area contributed by atoms with Crippen molar-refractivity contribution in [1.29, 1.82) is 0 Å². The van der Waals surface area contributed by atoms with Crippen molar-refractivity contribution in [1.82, 2.24) is 10.6 Å². The zero-order valence-corrected chi connectivity index (χ0v) is 18.2.